The molecule has 1 aromatic carbocycles. The average Bonchev–Trinajstić information content (AvgIpc) is 3.25. The Labute approximate surface area is 368 Å². The van der Waals surface area contributed by atoms with Gasteiger partial charge in [0.25, 0.3) is 0 Å². The van der Waals surface area contributed by atoms with Crippen LogP contribution in [-0.2, 0) is 30.3 Å². The monoisotopic (exact) mass is 860 g/mol. The van der Waals surface area contributed by atoms with Gasteiger partial charge in [0.15, 0.2) is 6.23 Å². The third-order valence-corrected chi connectivity index (χ3v) is 12.1. The molecule has 1 aliphatic heterocycles. The predicted molar refractivity (Wildman–Crippen MR) is 242 cm³/mol. The Morgan fingerprint density at radius 3 is 1.59 bits per heavy atom. The second-order valence-electron chi connectivity index (χ2n) is 17.4. The molecule has 1 aliphatic rings. The summed E-state index contributed by atoms with van der Waals surface area (Å²) in [6, 6.07) is 6.57. The molecule has 0 aliphatic carbocycles. The van der Waals surface area contributed by atoms with Crippen molar-refractivity contribution >= 4 is 23.7 Å². The van der Waals surface area contributed by atoms with E-state index in [0.717, 1.165) is 44.1 Å². The lowest BCUT2D eigenvalue weighted by Crippen LogP contribution is -2.70. The summed E-state index contributed by atoms with van der Waals surface area (Å²) < 4.78 is 6.21. The lowest BCUT2D eigenvalue weighted by Gasteiger charge is -2.47. The molecule has 1 aromatic rings. The van der Waals surface area contributed by atoms with E-state index in [-0.39, 0.29) is 25.2 Å². The van der Waals surface area contributed by atoms with E-state index in [9.17, 15) is 34.5 Å². The fraction of sp³-hybridized carbons (Fsp3) is 0.796. The Balaban J connectivity index is 2.11. The van der Waals surface area contributed by atoms with E-state index in [2.05, 4.69) is 24.5 Å². The van der Waals surface area contributed by atoms with Gasteiger partial charge in [-0.15, -0.1) is 0 Å². The van der Waals surface area contributed by atoms with Gasteiger partial charge in [-0.1, -0.05) is 192 Å². The van der Waals surface area contributed by atoms with Gasteiger partial charge >= 0.3 is 5.97 Å². The standard InChI is InChI=1S/C49H85N3O9/c1-3-5-7-9-11-13-15-16-17-18-19-20-22-24-29-33-43(55)52(36-30-25-23-21-14-12-10-8-6-4-2)49-45(47(59)46(58)41(38-53)61-49)51-48(60)40(37-39-31-27-26-28-32-39)50-42(54)34-35-44(56)57/h26-28,31-32,40-41,45-47,49,53,58-59H,3-25,29-30,33-38H2,1-2H3,(H,50,54)(H,51,60)(H,56,57)/t40-,41+,45+,46+,47+,49+/m0/s1. The average molecular weight is 860 g/mol. The number of aliphatic hydroxyl groups excluding tert-OH is 3. The third-order valence-electron chi connectivity index (χ3n) is 12.1. The summed E-state index contributed by atoms with van der Waals surface area (Å²) in [6.45, 7) is 4.17. The maximum atomic E-state index is 14.2. The number of aliphatic hydroxyl groups is 3. The number of hydrogen-bond donors (Lipinski definition) is 6. The van der Waals surface area contributed by atoms with Crippen molar-refractivity contribution < 1.29 is 44.3 Å². The molecule has 0 spiro atoms. The topological polar surface area (TPSA) is 186 Å². The lowest BCUT2D eigenvalue weighted by molar-refractivity contribution is -0.231. The number of aliphatic carboxylic acids is 1. The molecule has 61 heavy (non-hydrogen) atoms. The molecular weight excluding hydrogens is 775 g/mol. The number of carbonyl (C=O) groups excluding carboxylic acids is 3. The first kappa shape index (κ1) is 54.1. The van der Waals surface area contributed by atoms with Crippen molar-refractivity contribution in [3.05, 3.63) is 35.9 Å². The van der Waals surface area contributed by atoms with Crippen molar-refractivity contribution in [1.29, 1.82) is 0 Å². The number of carbonyl (C=O) groups is 4. The smallest absolute Gasteiger partial charge is 0.303 e. The molecule has 6 N–H and O–H groups in total. The van der Waals surface area contributed by atoms with Crippen molar-refractivity contribution in [2.75, 3.05) is 13.2 Å². The van der Waals surface area contributed by atoms with Gasteiger partial charge < -0.3 is 40.7 Å². The molecule has 0 radical (unpaired) electrons. The fourth-order valence-corrected chi connectivity index (χ4v) is 8.29. The number of hydrogen-bond acceptors (Lipinski definition) is 8. The minimum Gasteiger partial charge on any atom is -0.481 e. The van der Waals surface area contributed by atoms with Crippen LogP contribution >= 0.6 is 0 Å². The molecule has 350 valence electrons. The summed E-state index contributed by atoms with van der Waals surface area (Å²) >= 11 is 0. The predicted octanol–water partition coefficient (Wildman–Crippen LogP) is 8.51. The van der Waals surface area contributed by atoms with Crippen LogP contribution in [0.5, 0.6) is 0 Å². The molecule has 2 rings (SSSR count). The largest absolute Gasteiger partial charge is 0.481 e. The zero-order valence-corrected chi connectivity index (χ0v) is 38.0. The SMILES string of the molecule is CCCCCCCCCCCCCCCCCC(=O)N(CCCCCCCCCCCC)[C@@H]1O[C@H](CO)[C@@H](O)[C@H](O)[C@H]1NC(=O)[C@H](Cc1ccccc1)NC(=O)CCC(=O)O. The normalized spacial score (nSPS) is 19.3. The van der Waals surface area contributed by atoms with Crippen molar-refractivity contribution in [2.24, 2.45) is 0 Å². The number of benzene rings is 1. The number of nitrogens with zero attached hydrogens (tertiary/aromatic N) is 1. The number of amides is 3. The number of nitrogens with one attached hydrogen (secondary N) is 2. The highest BCUT2D eigenvalue weighted by Gasteiger charge is 2.48. The van der Waals surface area contributed by atoms with Gasteiger partial charge in [-0.2, -0.15) is 0 Å². The number of rotatable bonds is 37. The zero-order valence-electron chi connectivity index (χ0n) is 38.0. The van der Waals surface area contributed by atoms with Crippen molar-refractivity contribution in [1.82, 2.24) is 15.5 Å². The van der Waals surface area contributed by atoms with E-state index < -0.39 is 67.4 Å². The minimum absolute atomic E-state index is 0.0715. The van der Waals surface area contributed by atoms with E-state index in [0.29, 0.717) is 19.4 Å². The van der Waals surface area contributed by atoms with Gasteiger partial charge in [-0.3, -0.25) is 19.2 Å². The molecule has 12 heteroatoms. The Bertz CT molecular complexity index is 1300. The highest BCUT2D eigenvalue weighted by atomic mass is 16.5. The second kappa shape index (κ2) is 34.4. The molecule has 0 aromatic heterocycles. The van der Waals surface area contributed by atoms with E-state index in [1.54, 1.807) is 29.2 Å². The Hall–Kier alpha value is -3.06. The molecular formula is C49H85N3O9. The van der Waals surface area contributed by atoms with Crippen LogP contribution < -0.4 is 10.6 Å². The van der Waals surface area contributed by atoms with Crippen LogP contribution in [0.4, 0.5) is 0 Å². The van der Waals surface area contributed by atoms with Crippen LogP contribution in [0.2, 0.25) is 0 Å². The summed E-state index contributed by atoms with van der Waals surface area (Å²) in [5, 5.41) is 47.2. The molecule has 6 atom stereocenters. The zero-order chi connectivity index (χ0) is 44.5. The fourth-order valence-electron chi connectivity index (χ4n) is 8.29. The quantitative estimate of drug-likeness (QED) is 0.0357. The second-order valence-corrected chi connectivity index (χ2v) is 17.4. The van der Waals surface area contributed by atoms with Crippen LogP contribution in [0.15, 0.2) is 30.3 Å². The van der Waals surface area contributed by atoms with Crippen molar-refractivity contribution in [3.8, 4) is 0 Å². The number of unbranched alkanes of at least 4 members (excludes halogenated alkanes) is 23. The van der Waals surface area contributed by atoms with Crippen LogP contribution in [0.3, 0.4) is 0 Å². The Morgan fingerprint density at radius 2 is 1.11 bits per heavy atom. The minimum atomic E-state index is -1.60. The maximum Gasteiger partial charge on any atom is 0.303 e. The van der Waals surface area contributed by atoms with Crippen molar-refractivity contribution in [3.63, 3.8) is 0 Å². The van der Waals surface area contributed by atoms with Crippen molar-refractivity contribution in [2.45, 2.75) is 237 Å². The van der Waals surface area contributed by atoms with E-state index in [1.807, 2.05) is 6.07 Å². The first-order chi connectivity index (χ1) is 29.6. The molecule has 1 saturated heterocycles. The molecule has 0 bridgehead atoms. The summed E-state index contributed by atoms with van der Waals surface area (Å²) in [5.41, 5.74) is 0.736. The van der Waals surface area contributed by atoms with Gasteiger partial charge in [-0.05, 0) is 18.4 Å². The van der Waals surface area contributed by atoms with Gasteiger partial charge in [-0.25, -0.2) is 0 Å². The van der Waals surface area contributed by atoms with Crippen LogP contribution in [0, 0.1) is 0 Å². The highest BCUT2D eigenvalue weighted by Crippen LogP contribution is 2.26. The number of carboxylic acids is 1. The van der Waals surface area contributed by atoms with Crippen LogP contribution in [0.25, 0.3) is 0 Å². The first-order valence-corrected chi connectivity index (χ1v) is 24.4. The summed E-state index contributed by atoms with van der Waals surface area (Å²) in [4.78, 5) is 53.7. The van der Waals surface area contributed by atoms with Gasteiger partial charge in [0.2, 0.25) is 17.7 Å². The lowest BCUT2D eigenvalue weighted by atomic mass is 9.94. The first-order valence-electron chi connectivity index (χ1n) is 24.4. The highest BCUT2D eigenvalue weighted by molar-refractivity contribution is 5.89. The molecule has 1 heterocycles. The Kier molecular flexibility index (Phi) is 30.5. The van der Waals surface area contributed by atoms with Gasteiger partial charge in [0, 0.05) is 25.8 Å². The van der Waals surface area contributed by atoms with E-state index in [4.69, 9.17) is 9.84 Å². The molecule has 3 amide bonds. The summed E-state index contributed by atoms with van der Waals surface area (Å²) in [6.07, 6.45) is 23.3. The summed E-state index contributed by atoms with van der Waals surface area (Å²) in [7, 11) is 0. The number of ether oxygens (including phenoxy) is 1. The van der Waals surface area contributed by atoms with Crippen LogP contribution in [0.1, 0.15) is 199 Å². The third kappa shape index (κ3) is 23.8. The van der Waals surface area contributed by atoms with Gasteiger partial charge in [0.1, 0.15) is 30.4 Å². The van der Waals surface area contributed by atoms with E-state index >= 15 is 0 Å². The van der Waals surface area contributed by atoms with Crippen LogP contribution in [-0.4, -0.2) is 98.8 Å². The number of carboxylic acid groups (broad SMARTS) is 1. The maximum absolute atomic E-state index is 14.2. The summed E-state index contributed by atoms with van der Waals surface area (Å²) in [5.74, 6) is -2.64. The molecule has 0 saturated carbocycles. The molecule has 1 fully saturated rings. The van der Waals surface area contributed by atoms with Gasteiger partial charge in [0.05, 0.1) is 13.0 Å². The molecule has 0 unspecified atom stereocenters. The Morgan fingerprint density at radius 1 is 0.639 bits per heavy atom. The molecule has 12 nitrogen and oxygen atoms in total. The van der Waals surface area contributed by atoms with E-state index in [1.165, 1.54) is 109 Å².